The minimum Gasteiger partial charge on any atom is -1.00 e. The van der Waals surface area contributed by atoms with Crippen LogP contribution in [-0.4, -0.2) is 33.5 Å². The van der Waals surface area contributed by atoms with E-state index in [1.54, 1.807) is 11.1 Å². The topological polar surface area (TPSA) is 15.3 Å². The summed E-state index contributed by atoms with van der Waals surface area (Å²) in [6.07, 6.45) is 3.85. The second-order valence-corrected chi connectivity index (χ2v) is 6.16. The van der Waals surface area contributed by atoms with E-state index in [1.807, 2.05) is 0 Å². The van der Waals surface area contributed by atoms with Crippen molar-refractivity contribution in [2.45, 2.75) is 38.8 Å². The summed E-state index contributed by atoms with van der Waals surface area (Å²) in [5, 5.41) is 3.69. The summed E-state index contributed by atoms with van der Waals surface area (Å²) in [5.74, 6) is 0.838. The summed E-state index contributed by atoms with van der Waals surface area (Å²) in [6, 6.07) is 7.73. The second kappa shape index (κ2) is 8.00. The van der Waals surface area contributed by atoms with Crippen LogP contribution in [0, 0.1) is 5.92 Å². The third kappa shape index (κ3) is 4.11. The monoisotopic (exact) mass is 278 g/mol. The molecule has 1 fully saturated rings. The zero-order valence-corrected chi connectivity index (χ0v) is 15.2. The van der Waals surface area contributed by atoms with Gasteiger partial charge in [-0.25, -0.2) is 0 Å². The first kappa shape index (κ1) is 18.3. The SMILES string of the molecule is CC1CCC(c2ccc3c(c2)CN(C)CC3)NC1.[B-].[Na+]. The van der Waals surface area contributed by atoms with Crippen molar-refractivity contribution in [3.05, 3.63) is 34.9 Å². The Balaban J connectivity index is 0.000001000. The molecule has 102 valence electrons. The van der Waals surface area contributed by atoms with Crippen LogP contribution in [0.15, 0.2) is 18.2 Å². The zero-order valence-electron chi connectivity index (χ0n) is 13.2. The first-order valence-electron chi connectivity index (χ1n) is 7.26. The van der Waals surface area contributed by atoms with Crippen LogP contribution < -0.4 is 34.9 Å². The molecule has 3 rings (SSSR count). The van der Waals surface area contributed by atoms with Crippen molar-refractivity contribution in [1.82, 2.24) is 10.2 Å². The average Bonchev–Trinajstić information content (AvgIpc) is 2.38. The standard InChI is InChI=1S/C16H24N2.B.Na/c1-12-3-6-16(17-10-12)14-5-4-13-7-8-18(2)11-15(13)9-14;;/h4-5,9,12,16-17H,3,6-8,10-11H2,1-2H3;;/q;-1;+1. The van der Waals surface area contributed by atoms with Crippen molar-refractivity contribution in [2.24, 2.45) is 5.92 Å². The van der Waals surface area contributed by atoms with Crippen molar-refractivity contribution >= 4 is 8.41 Å². The molecule has 1 aromatic rings. The Kier molecular flexibility index (Phi) is 7.30. The first-order chi connectivity index (χ1) is 8.72. The predicted octanol–water partition coefficient (Wildman–Crippen LogP) is -0.642. The van der Waals surface area contributed by atoms with E-state index in [0.29, 0.717) is 6.04 Å². The molecule has 0 aromatic heterocycles. The molecule has 2 unspecified atom stereocenters. The summed E-state index contributed by atoms with van der Waals surface area (Å²) in [7, 11) is 2.22. The van der Waals surface area contributed by atoms with Gasteiger partial charge >= 0.3 is 29.6 Å². The molecule has 1 N–H and O–H groups in total. The largest absolute Gasteiger partial charge is 1.00 e. The van der Waals surface area contributed by atoms with Crippen LogP contribution in [0.2, 0.25) is 0 Å². The van der Waals surface area contributed by atoms with E-state index in [2.05, 4.69) is 42.4 Å². The van der Waals surface area contributed by atoms with E-state index in [0.717, 1.165) is 12.5 Å². The van der Waals surface area contributed by atoms with Gasteiger partial charge in [0.2, 0.25) is 0 Å². The minimum atomic E-state index is 0. The number of likely N-dealkylation sites (N-methyl/N-ethyl adjacent to an activating group) is 1. The normalized spacial score (nSPS) is 26.1. The number of fused-ring (bicyclic) bond motifs is 1. The molecule has 0 bridgehead atoms. The summed E-state index contributed by atoms with van der Waals surface area (Å²) < 4.78 is 0. The van der Waals surface area contributed by atoms with Gasteiger partial charge in [0.25, 0.3) is 0 Å². The van der Waals surface area contributed by atoms with Crippen molar-refractivity contribution in [2.75, 3.05) is 20.1 Å². The summed E-state index contributed by atoms with van der Waals surface area (Å²) in [4.78, 5) is 2.42. The molecule has 0 amide bonds. The van der Waals surface area contributed by atoms with Crippen LogP contribution >= 0.6 is 0 Å². The molecular weight excluding hydrogens is 254 g/mol. The maximum Gasteiger partial charge on any atom is 1.00 e. The van der Waals surface area contributed by atoms with Crippen molar-refractivity contribution in [1.29, 1.82) is 0 Å². The Morgan fingerprint density at radius 2 is 2.00 bits per heavy atom. The van der Waals surface area contributed by atoms with Crippen LogP contribution in [0.25, 0.3) is 0 Å². The number of hydrogen-bond donors (Lipinski definition) is 1. The van der Waals surface area contributed by atoms with Gasteiger partial charge in [0.15, 0.2) is 0 Å². The molecule has 2 aliphatic rings. The Morgan fingerprint density at radius 1 is 1.20 bits per heavy atom. The molecule has 0 spiro atoms. The van der Waals surface area contributed by atoms with E-state index in [-0.39, 0.29) is 38.0 Å². The molecule has 2 nitrogen and oxygen atoms in total. The van der Waals surface area contributed by atoms with Crippen LogP contribution in [0.4, 0.5) is 0 Å². The predicted molar refractivity (Wildman–Crippen MR) is 81.4 cm³/mol. The molecule has 4 heteroatoms. The molecule has 0 saturated carbocycles. The Hall–Kier alpha value is 0.205. The van der Waals surface area contributed by atoms with Crippen molar-refractivity contribution < 1.29 is 29.6 Å². The van der Waals surface area contributed by atoms with Gasteiger partial charge in [-0.3, -0.25) is 0 Å². The fourth-order valence-electron chi connectivity index (χ4n) is 3.22. The fraction of sp³-hybridized carbons (Fsp3) is 0.625. The van der Waals surface area contributed by atoms with Gasteiger partial charge < -0.3 is 18.6 Å². The molecular formula is C16H24BN2Na. The number of piperidine rings is 1. The van der Waals surface area contributed by atoms with Crippen molar-refractivity contribution in [3.8, 4) is 0 Å². The summed E-state index contributed by atoms with van der Waals surface area (Å²) in [6.45, 7) is 5.82. The van der Waals surface area contributed by atoms with Gasteiger partial charge in [0.1, 0.15) is 0 Å². The number of rotatable bonds is 1. The van der Waals surface area contributed by atoms with Gasteiger partial charge in [-0.15, -0.1) is 0 Å². The molecule has 4 radical (unpaired) electrons. The van der Waals surface area contributed by atoms with Crippen LogP contribution in [0.5, 0.6) is 0 Å². The minimum absolute atomic E-state index is 0. The zero-order chi connectivity index (χ0) is 12.5. The van der Waals surface area contributed by atoms with Crippen molar-refractivity contribution in [3.63, 3.8) is 0 Å². The average molecular weight is 278 g/mol. The maximum absolute atomic E-state index is 3.69. The Bertz CT molecular complexity index is 430. The van der Waals surface area contributed by atoms with E-state index >= 15 is 0 Å². The van der Waals surface area contributed by atoms with E-state index < -0.39 is 0 Å². The third-order valence-electron chi connectivity index (χ3n) is 4.50. The van der Waals surface area contributed by atoms with Gasteiger partial charge in [0.05, 0.1) is 0 Å². The van der Waals surface area contributed by atoms with Gasteiger partial charge in [-0.2, -0.15) is 0 Å². The molecule has 1 saturated heterocycles. The number of nitrogens with one attached hydrogen (secondary N) is 1. The van der Waals surface area contributed by atoms with Crippen LogP contribution in [0.3, 0.4) is 0 Å². The number of hydrogen-bond acceptors (Lipinski definition) is 2. The molecule has 2 atom stereocenters. The smallest absolute Gasteiger partial charge is 1.00 e. The van der Waals surface area contributed by atoms with E-state index in [4.69, 9.17) is 0 Å². The molecule has 2 aliphatic heterocycles. The summed E-state index contributed by atoms with van der Waals surface area (Å²) in [5.41, 5.74) is 4.60. The Morgan fingerprint density at radius 3 is 2.70 bits per heavy atom. The van der Waals surface area contributed by atoms with Gasteiger partial charge in [-0.1, -0.05) is 25.1 Å². The van der Waals surface area contributed by atoms with E-state index in [9.17, 15) is 0 Å². The summed E-state index contributed by atoms with van der Waals surface area (Å²) >= 11 is 0. The van der Waals surface area contributed by atoms with E-state index in [1.165, 1.54) is 37.9 Å². The molecule has 2 heterocycles. The first-order valence-corrected chi connectivity index (χ1v) is 7.26. The second-order valence-electron chi connectivity index (χ2n) is 6.16. The van der Waals surface area contributed by atoms with Gasteiger partial charge in [-0.05, 0) is 55.5 Å². The molecule has 0 aliphatic carbocycles. The molecule has 1 aromatic carbocycles. The van der Waals surface area contributed by atoms with Gasteiger partial charge in [0, 0.05) is 19.1 Å². The number of benzene rings is 1. The maximum atomic E-state index is 3.69. The quantitative estimate of drug-likeness (QED) is 0.687. The Labute approximate surface area is 147 Å². The van der Waals surface area contributed by atoms with Crippen LogP contribution in [-0.2, 0) is 13.0 Å². The third-order valence-corrected chi connectivity index (χ3v) is 4.50. The fourth-order valence-corrected chi connectivity index (χ4v) is 3.22. The van der Waals surface area contributed by atoms with Crippen LogP contribution in [0.1, 0.15) is 42.5 Å². The number of nitrogens with zero attached hydrogens (tertiary/aromatic N) is 1. The molecule has 20 heavy (non-hydrogen) atoms.